The zero-order valence-electron chi connectivity index (χ0n) is 16.4. The molecule has 1 aromatic carbocycles. The molecule has 1 fully saturated rings. The number of pyridine rings is 1. The minimum atomic E-state index is -0.00886. The van der Waals surface area contributed by atoms with Gasteiger partial charge in [-0.2, -0.15) is 0 Å². The zero-order valence-corrected chi connectivity index (χ0v) is 16.4. The second-order valence-electron chi connectivity index (χ2n) is 7.70. The zero-order chi connectivity index (χ0) is 19.2. The smallest absolute Gasteiger partial charge is 0.259 e. The van der Waals surface area contributed by atoms with Crippen LogP contribution >= 0.6 is 0 Å². The monoisotopic (exact) mass is 379 g/mol. The van der Waals surface area contributed by atoms with Crippen LogP contribution in [0.25, 0.3) is 0 Å². The third-order valence-electron chi connectivity index (χ3n) is 5.73. The molecule has 1 saturated carbocycles. The molecule has 0 spiro atoms. The van der Waals surface area contributed by atoms with Gasteiger partial charge in [-0.15, -0.1) is 0 Å². The molecule has 1 N–H and O–H groups in total. The number of carbonyl (C=O) groups is 1. The molecule has 0 unspecified atom stereocenters. The molecule has 1 aromatic heterocycles. The molecule has 1 amide bonds. The summed E-state index contributed by atoms with van der Waals surface area (Å²) >= 11 is 0. The fraction of sp³-hybridized carbons (Fsp3) is 0.478. The summed E-state index contributed by atoms with van der Waals surface area (Å²) in [6.45, 7) is 2.16. The van der Waals surface area contributed by atoms with E-state index in [-0.39, 0.29) is 5.91 Å². The number of benzene rings is 1. The Morgan fingerprint density at radius 3 is 2.86 bits per heavy atom. The van der Waals surface area contributed by atoms with Crippen molar-refractivity contribution in [2.24, 2.45) is 0 Å². The molecule has 1 aliphatic heterocycles. The number of hydrogen-bond acceptors (Lipinski definition) is 4. The third-order valence-corrected chi connectivity index (χ3v) is 5.73. The average Bonchev–Trinajstić information content (AvgIpc) is 2.77. The van der Waals surface area contributed by atoms with Crippen molar-refractivity contribution < 1.29 is 9.53 Å². The summed E-state index contributed by atoms with van der Waals surface area (Å²) in [5, 5.41) is 3.62. The number of anilines is 1. The van der Waals surface area contributed by atoms with E-state index in [0.717, 1.165) is 30.8 Å². The van der Waals surface area contributed by atoms with E-state index in [4.69, 9.17) is 4.74 Å². The van der Waals surface area contributed by atoms with Gasteiger partial charge < -0.3 is 15.0 Å². The van der Waals surface area contributed by atoms with Crippen molar-refractivity contribution in [3.63, 3.8) is 0 Å². The van der Waals surface area contributed by atoms with E-state index in [1.807, 2.05) is 23.1 Å². The summed E-state index contributed by atoms with van der Waals surface area (Å²) < 4.78 is 6.14. The van der Waals surface area contributed by atoms with Crippen LogP contribution in [0.3, 0.4) is 0 Å². The maximum atomic E-state index is 13.1. The van der Waals surface area contributed by atoms with Crippen molar-refractivity contribution in [1.82, 2.24) is 10.3 Å². The molecule has 5 heteroatoms. The van der Waals surface area contributed by atoms with Gasteiger partial charge in [0.2, 0.25) is 0 Å². The number of rotatable bonds is 6. The van der Waals surface area contributed by atoms with Crippen LogP contribution in [-0.4, -0.2) is 36.6 Å². The topological polar surface area (TPSA) is 54.5 Å². The molecule has 4 rings (SSSR count). The Kier molecular flexibility index (Phi) is 6.22. The van der Waals surface area contributed by atoms with E-state index in [0.29, 0.717) is 24.8 Å². The lowest BCUT2D eigenvalue weighted by molar-refractivity contribution is 0.0983. The first-order chi connectivity index (χ1) is 13.8. The molecule has 1 aliphatic carbocycles. The van der Waals surface area contributed by atoms with E-state index in [2.05, 4.69) is 16.4 Å². The quantitative estimate of drug-likeness (QED) is 0.772. The van der Waals surface area contributed by atoms with Gasteiger partial charge in [0, 0.05) is 31.5 Å². The SMILES string of the molecule is O=C(c1cccnc1)N1CCCc2cccc(OCCNC3CCCCC3)c21. The summed E-state index contributed by atoms with van der Waals surface area (Å²) in [5.74, 6) is 0.797. The maximum absolute atomic E-state index is 13.1. The molecular weight excluding hydrogens is 350 g/mol. The molecule has 5 nitrogen and oxygen atoms in total. The first kappa shape index (κ1) is 18.9. The lowest BCUT2D eigenvalue weighted by atomic mass is 9.96. The summed E-state index contributed by atoms with van der Waals surface area (Å²) in [5.41, 5.74) is 2.73. The number of hydrogen-bond donors (Lipinski definition) is 1. The molecular formula is C23H29N3O2. The second kappa shape index (κ2) is 9.20. The van der Waals surface area contributed by atoms with Crippen LogP contribution in [0.1, 0.15) is 54.4 Å². The van der Waals surface area contributed by atoms with E-state index in [9.17, 15) is 4.79 Å². The standard InChI is InChI=1S/C23H29N3O2/c27-23(19-8-5-13-24-17-19)26-15-6-9-18-7-4-12-21(22(18)26)28-16-14-25-20-10-2-1-3-11-20/h4-5,7-8,12-13,17,20,25H,1-3,6,9-11,14-16H2. The number of aromatic nitrogens is 1. The Balaban J connectivity index is 1.45. The van der Waals surface area contributed by atoms with Crippen LogP contribution in [0.15, 0.2) is 42.7 Å². The largest absolute Gasteiger partial charge is 0.490 e. The van der Waals surface area contributed by atoms with Gasteiger partial charge in [-0.05, 0) is 49.4 Å². The molecule has 2 heterocycles. The van der Waals surface area contributed by atoms with Crippen molar-refractivity contribution >= 4 is 11.6 Å². The molecule has 2 aromatic rings. The Morgan fingerprint density at radius 1 is 1.14 bits per heavy atom. The van der Waals surface area contributed by atoms with Crippen LogP contribution in [0.4, 0.5) is 5.69 Å². The number of ether oxygens (including phenoxy) is 1. The predicted molar refractivity (Wildman–Crippen MR) is 111 cm³/mol. The molecule has 2 aliphatic rings. The average molecular weight is 380 g/mol. The van der Waals surface area contributed by atoms with Crippen molar-refractivity contribution in [2.45, 2.75) is 51.0 Å². The summed E-state index contributed by atoms with van der Waals surface area (Å²) in [7, 11) is 0. The molecule has 0 atom stereocenters. The highest BCUT2D eigenvalue weighted by molar-refractivity contribution is 6.07. The van der Waals surface area contributed by atoms with Gasteiger partial charge in [0.15, 0.2) is 0 Å². The summed E-state index contributed by atoms with van der Waals surface area (Å²) in [4.78, 5) is 19.0. The van der Waals surface area contributed by atoms with Gasteiger partial charge in [-0.3, -0.25) is 9.78 Å². The highest BCUT2D eigenvalue weighted by Crippen LogP contribution is 2.37. The maximum Gasteiger partial charge on any atom is 0.259 e. The Hall–Kier alpha value is -2.40. The number of amides is 1. The van der Waals surface area contributed by atoms with E-state index in [1.54, 1.807) is 18.5 Å². The lowest BCUT2D eigenvalue weighted by Crippen LogP contribution is -2.36. The third kappa shape index (κ3) is 4.36. The normalized spacial score (nSPS) is 17.2. The number of fused-ring (bicyclic) bond motifs is 1. The van der Waals surface area contributed by atoms with Gasteiger partial charge in [-0.1, -0.05) is 31.4 Å². The lowest BCUT2D eigenvalue weighted by Gasteiger charge is -2.31. The Bertz CT molecular complexity index is 788. The van der Waals surface area contributed by atoms with Crippen molar-refractivity contribution in [3.8, 4) is 5.75 Å². The number of carbonyl (C=O) groups excluding carboxylic acids is 1. The van der Waals surface area contributed by atoms with Crippen LogP contribution in [-0.2, 0) is 6.42 Å². The van der Waals surface area contributed by atoms with E-state index < -0.39 is 0 Å². The highest BCUT2D eigenvalue weighted by Gasteiger charge is 2.27. The number of nitrogens with one attached hydrogen (secondary N) is 1. The van der Waals surface area contributed by atoms with Crippen LogP contribution in [0.5, 0.6) is 5.75 Å². The Labute approximate surface area is 167 Å². The van der Waals surface area contributed by atoms with E-state index >= 15 is 0 Å². The predicted octanol–water partition coefficient (Wildman–Crippen LogP) is 3.98. The first-order valence-electron chi connectivity index (χ1n) is 10.5. The van der Waals surface area contributed by atoms with Gasteiger partial charge in [-0.25, -0.2) is 0 Å². The van der Waals surface area contributed by atoms with Crippen molar-refractivity contribution in [3.05, 3.63) is 53.9 Å². The molecule has 148 valence electrons. The van der Waals surface area contributed by atoms with Gasteiger partial charge in [0.1, 0.15) is 12.4 Å². The fourth-order valence-corrected chi connectivity index (χ4v) is 4.31. The molecule has 0 saturated heterocycles. The van der Waals surface area contributed by atoms with Crippen molar-refractivity contribution in [1.29, 1.82) is 0 Å². The molecule has 28 heavy (non-hydrogen) atoms. The van der Waals surface area contributed by atoms with Gasteiger partial charge in [0.25, 0.3) is 5.91 Å². The summed E-state index contributed by atoms with van der Waals surface area (Å²) in [6.07, 6.45) is 11.8. The number of aryl methyl sites for hydroxylation is 1. The minimum Gasteiger partial charge on any atom is -0.490 e. The van der Waals surface area contributed by atoms with Gasteiger partial charge in [0.05, 0.1) is 11.3 Å². The summed E-state index contributed by atoms with van der Waals surface area (Å²) in [6, 6.07) is 10.4. The number of nitrogens with zero attached hydrogens (tertiary/aromatic N) is 2. The van der Waals surface area contributed by atoms with Crippen LogP contribution in [0.2, 0.25) is 0 Å². The van der Waals surface area contributed by atoms with Crippen molar-refractivity contribution in [2.75, 3.05) is 24.6 Å². The molecule has 0 bridgehead atoms. The van der Waals surface area contributed by atoms with Crippen LogP contribution in [0, 0.1) is 0 Å². The first-order valence-corrected chi connectivity index (χ1v) is 10.5. The van der Waals surface area contributed by atoms with Gasteiger partial charge >= 0.3 is 0 Å². The Morgan fingerprint density at radius 2 is 2.04 bits per heavy atom. The van der Waals surface area contributed by atoms with E-state index in [1.165, 1.54) is 37.7 Å². The number of para-hydroxylation sites is 1. The minimum absolute atomic E-state index is 0.00886. The fourth-order valence-electron chi connectivity index (χ4n) is 4.31. The highest BCUT2D eigenvalue weighted by atomic mass is 16.5. The van der Waals surface area contributed by atoms with Crippen LogP contribution < -0.4 is 15.0 Å². The second-order valence-corrected chi connectivity index (χ2v) is 7.70. The molecule has 0 radical (unpaired) electrons.